The van der Waals surface area contributed by atoms with Crippen LogP contribution in [-0.2, 0) is 4.79 Å². The van der Waals surface area contributed by atoms with Crippen molar-refractivity contribution in [1.29, 1.82) is 0 Å². The van der Waals surface area contributed by atoms with Gasteiger partial charge in [-0.25, -0.2) is 4.79 Å². The van der Waals surface area contributed by atoms with Gasteiger partial charge >= 0.3 is 5.97 Å². The van der Waals surface area contributed by atoms with Crippen LogP contribution in [0, 0.1) is 0 Å². The van der Waals surface area contributed by atoms with Gasteiger partial charge in [0.2, 0.25) is 0 Å². The largest absolute Gasteiger partial charge is 0.478 e. The Morgan fingerprint density at radius 1 is 1.64 bits per heavy atom. The van der Waals surface area contributed by atoms with Crippen LogP contribution in [0.3, 0.4) is 0 Å². The summed E-state index contributed by atoms with van der Waals surface area (Å²) in [6, 6.07) is 2.01. The summed E-state index contributed by atoms with van der Waals surface area (Å²) in [5.41, 5.74) is 1.05. The Bertz CT molecular complexity index is 391. The molecule has 1 heterocycles. The van der Waals surface area contributed by atoms with Crippen LogP contribution < -0.4 is 0 Å². The number of hydrogen-bond acceptors (Lipinski definition) is 2. The number of carbonyl (C=O) groups is 1. The number of hydrogen-bond donors (Lipinski definition) is 1. The molecular formula is C10H9BrO2S. The van der Waals surface area contributed by atoms with Gasteiger partial charge in [-0.2, -0.15) is 0 Å². The van der Waals surface area contributed by atoms with Gasteiger partial charge in [-0.15, -0.1) is 11.3 Å². The summed E-state index contributed by atoms with van der Waals surface area (Å²) >= 11 is 4.98. The monoisotopic (exact) mass is 272 g/mol. The number of thiophene rings is 1. The molecule has 0 spiro atoms. The molecule has 14 heavy (non-hydrogen) atoms. The predicted octanol–water partition coefficient (Wildman–Crippen LogP) is 3.55. The smallest absolute Gasteiger partial charge is 0.328 e. The molecule has 0 aliphatic carbocycles. The highest BCUT2D eigenvalue weighted by molar-refractivity contribution is 9.10. The lowest BCUT2D eigenvalue weighted by atomic mass is 10.2. The highest BCUT2D eigenvalue weighted by Gasteiger charge is 1.97. The molecule has 0 radical (unpaired) electrons. The van der Waals surface area contributed by atoms with Gasteiger partial charge in [-0.1, -0.05) is 12.2 Å². The molecule has 1 aromatic rings. The molecule has 1 N–H and O–H groups in total. The summed E-state index contributed by atoms with van der Waals surface area (Å²) in [6.45, 7) is 1.95. The molecule has 0 saturated heterocycles. The zero-order valence-corrected chi connectivity index (χ0v) is 9.93. The van der Waals surface area contributed by atoms with Crippen LogP contribution in [0.4, 0.5) is 0 Å². The van der Waals surface area contributed by atoms with E-state index < -0.39 is 5.97 Å². The third-order valence-electron chi connectivity index (χ3n) is 1.54. The molecule has 4 heteroatoms. The Morgan fingerprint density at radius 3 is 2.86 bits per heavy atom. The predicted molar refractivity (Wildman–Crippen MR) is 62.4 cm³/mol. The van der Waals surface area contributed by atoms with Gasteiger partial charge in [-0.05, 0) is 34.5 Å². The van der Waals surface area contributed by atoms with Crippen LogP contribution in [0.25, 0.3) is 5.57 Å². The first-order valence-electron chi connectivity index (χ1n) is 3.92. The second-order valence-electron chi connectivity index (χ2n) is 2.68. The third kappa shape index (κ3) is 3.47. The van der Waals surface area contributed by atoms with Gasteiger partial charge in [0.15, 0.2) is 0 Å². The van der Waals surface area contributed by atoms with Gasteiger partial charge in [0.1, 0.15) is 0 Å². The highest BCUT2D eigenvalue weighted by Crippen LogP contribution is 2.25. The standard InChI is InChI=1S/C10H9BrO2S/c1-7(3-2-4-10(12)13)9-5-8(11)6-14-9/h2-6H,1H3,(H,12,13)/b4-2+,7-3-. The van der Waals surface area contributed by atoms with Crippen molar-refractivity contribution in [2.24, 2.45) is 0 Å². The van der Waals surface area contributed by atoms with E-state index in [1.807, 2.05) is 18.4 Å². The number of carboxylic acids is 1. The Labute approximate surface area is 94.7 Å². The Morgan fingerprint density at radius 2 is 2.36 bits per heavy atom. The van der Waals surface area contributed by atoms with Crippen LogP contribution in [0.2, 0.25) is 0 Å². The number of halogens is 1. The molecule has 0 aliphatic rings. The molecular weight excluding hydrogens is 264 g/mol. The minimum Gasteiger partial charge on any atom is -0.478 e. The zero-order valence-electron chi connectivity index (χ0n) is 7.53. The topological polar surface area (TPSA) is 37.3 Å². The number of carboxylic acid groups (broad SMARTS) is 1. The maximum absolute atomic E-state index is 10.2. The molecule has 2 nitrogen and oxygen atoms in total. The lowest BCUT2D eigenvalue weighted by Crippen LogP contribution is -1.84. The average Bonchev–Trinajstić information content (AvgIpc) is 2.51. The number of aliphatic carboxylic acids is 1. The van der Waals surface area contributed by atoms with Crippen LogP contribution in [0.5, 0.6) is 0 Å². The molecule has 0 unspecified atom stereocenters. The Balaban J connectivity index is 2.75. The molecule has 0 amide bonds. The van der Waals surface area contributed by atoms with E-state index in [2.05, 4.69) is 15.9 Å². The van der Waals surface area contributed by atoms with E-state index in [1.54, 1.807) is 17.4 Å². The lowest BCUT2D eigenvalue weighted by molar-refractivity contribution is -0.131. The molecule has 74 valence electrons. The Kier molecular flexibility index (Phi) is 4.10. The first-order valence-corrected chi connectivity index (χ1v) is 5.59. The summed E-state index contributed by atoms with van der Waals surface area (Å²) in [6.07, 6.45) is 4.43. The molecule has 1 rings (SSSR count). The van der Waals surface area contributed by atoms with E-state index in [-0.39, 0.29) is 0 Å². The van der Waals surface area contributed by atoms with E-state index in [1.165, 1.54) is 6.08 Å². The van der Waals surface area contributed by atoms with Gasteiger partial charge in [0, 0.05) is 20.8 Å². The normalized spacial score (nSPS) is 12.3. The summed E-state index contributed by atoms with van der Waals surface area (Å²) in [4.78, 5) is 11.3. The number of rotatable bonds is 3. The maximum Gasteiger partial charge on any atom is 0.328 e. The van der Waals surface area contributed by atoms with Crippen molar-refractivity contribution in [1.82, 2.24) is 0 Å². The van der Waals surface area contributed by atoms with Gasteiger partial charge < -0.3 is 5.11 Å². The van der Waals surface area contributed by atoms with E-state index in [0.717, 1.165) is 21.0 Å². The molecule has 0 aromatic carbocycles. The minimum atomic E-state index is -0.929. The van der Waals surface area contributed by atoms with E-state index in [0.29, 0.717) is 0 Å². The summed E-state index contributed by atoms with van der Waals surface area (Å²) in [5, 5.41) is 10.4. The van der Waals surface area contributed by atoms with Crippen LogP contribution in [-0.4, -0.2) is 11.1 Å². The average molecular weight is 273 g/mol. The molecule has 0 atom stereocenters. The summed E-state index contributed by atoms with van der Waals surface area (Å²) in [7, 11) is 0. The zero-order chi connectivity index (χ0) is 10.6. The minimum absolute atomic E-state index is 0.929. The first kappa shape index (κ1) is 11.2. The van der Waals surface area contributed by atoms with Crippen molar-refractivity contribution in [3.8, 4) is 0 Å². The summed E-state index contributed by atoms with van der Waals surface area (Å²) in [5.74, 6) is -0.929. The van der Waals surface area contributed by atoms with E-state index in [9.17, 15) is 4.79 Å². The van der Waals surface area contributed by atoms with Crippen LogP contribution in [0.15, 0.2) is 34.1 Å². The number of allylic oxidation sites excluding steroid dienone is 3. The lowest BCUT2D eigenvalue weighted by Gasteiger charge is -1.92. The third-order valence-corrected chi connectivity index (χ3v) is 3.37. The van der Waals surface area contributed by atoms with Crippen LogP contribution in [0.1, 0.15) is 11.8 Å². The fraction of sp³-hybridized carbons (Fsp3) is 0.100. The quantitative estimate of drug-likeness (QED) is 0.675. The van der Waals surface area contributed by atoms with E-state index >= 15 is 0 Å². The fourth-order valence-electron chi connectivity index (χ4n) is 0.877. The van der Waals surface area contributed by atoms with Crippen molar-refractivity contribution in [3.05, 3.63) is 39.0 Å². The second-order valence-corrected chi connectivity index (χ2v) is 4.50. The van der Waals surface area contributed by atoms with Crippen molar-refractivity contribution < 1.29 is 9.90 Å². The van der Waals surface area contributed by atoms with Crippen LogP contribution >= 0.6 is 27.3 Å². The van der Waals surface area contributed by atoms with Gasteiger partial charge in [0.05, 0.1) is 0 Å². The van der Waals surface area contributed by atoms with Crippen molar-refractivity contribution >= 4 is 38.8 Å². The van der Waals surface area contributed by atoms with Gasteiger partial charge in [-0.3, -0.25) is 0 Å². The summed E-state index contributed by atoms with van der Waals surface area (Å²) < 4.78 is 1.05. The van der Waals surface area contributed by atoms with E-state index in [4.69, 9.17) is 5.11 Å². The maximum atomic E-state index is 10.2. The molecule has 0 bridgehead atoms. The van der Waals surface area contributed by atoms with Gasteiger partial charge in [0.25, 0.3) is 0 Å². The molecule has 0 fully saturated rings. The highest BCUT2D eigenvalue weighted by atomic mass is 79.9. The van der Waals surface area contributed by atoms with Crippen molar-refractivity contribution in [2.75, 3.05) is 0 Å². The molecule has 0 aliphatic heterocycles. The Hall–Kier alpha value is -0.870. The second kappa shape index (κ2) is 5.12. The first-order chi connectivity index (χ1) is 6.59. The fourth-order valence-corrected chi connectivity index (χ4v) is 2.29. The van der Waals surface area contributed by atoms with Crippen molar-refractivity contribution in [2.45, 2.75) is 6.92 Å². The molecule has 0 saturated carbocycles. The van der Waals surface area contributed by atoms with Crippen molar-refractivity contribution in [3.63, 3.8) is 0 Å². The SMILES string of the molecule is C/C(=C/C=C/C(=O)O)c1cc(Br)cs1. The molecule has 1 aromatic heterocycles.